The van der Waals surface area contributed by atoms with Crippen LogP contribution in [-0.4, -0.2) is 12.1 Å². The highest BCUT2D eigenvalue weighted by molar-refractivity contribution is 5.87. The van der Waals surface area contributed by atoms with E-state index in [0.29, 0.717) is 17.4 Å². The smallest absolute Gasteiger partial charge is 0.333 e. The van der Waals surface area contributed by atoms with Crippen molar-refractivity contribution in [3.63, 3.8) is 0 Å². The highest BCUT2D eigenvalue weighted by Crippen LogP contribution is 2.62. The van der Waals surface area contributed by atoms with E-state index in [4.69, 9.17) is 4.74 Å². The fourth-order valence-corrected chi connectivity index (χ4v) is 3.67. The van der Waals surface area contributed by atoms with E-state index in [0.717, 1.165) is 19.3 Å². The van der Waals surface area contributed by atoms with Crippen molar-refractivity contribution in [2.24, 2.45) is 17.3 Å². The van der Waals surface area contributed by atoms with Gasteiger partial charge in [-0.2, -0.15) is 0 Å². The van der Waals surface area contributed by atoms with Gasteiger partial charge in [-0.25, -0.2) is 4.79 Å². The molecule has 1 fully saturated rings. The number of carbonyl (C=O) groups excluding carboxylic acids is 1. The summed E-state index contributed by atoms with van der Waals surface area (Å²) in [7, 11) is 0. The zero-order valence-electron chi connectivity index (χ0n) is 14.9. The molecule has 0 N–H and O–H groups in total. The van der Waals surface area contributed by atoms with Gasteiger partial charge in [-0.15, -0.1) is 0 Å². The molecule has 1 saturated carbocycles. The van der Waals surface area contributed by atoms with Crippen LogP contribution < -0.4 is 0 Å². The van der Waals surface area contributed by atoms with E-state index in [1.54, 1.807) is 0 Å². The number of hydrogen-bond donors (Lipinski definition) is 0. The lowest BCUT2D eigenvalue weighted by Crippen LogP contribution is -2.23. The average Bonchev–Trinajstić information content (AvgIpc) is 2.97. The van der Waals surface area contributed by atoms with Crippen molar-refractivity contribution in [3.8, 4) is 0 Å². The molecule has 0 aromatic carbocycles. The second-order valence-corrected chi connectivity index (χ2v) is 7.59. The zero-order chi connectivity index (χ0) is 16.5. The third kappa shape index (κ3) is 3.53. The summed E-state index contributed by atoms with van der Waals surface area (Å²) >= 11 is 0. The zero-order valence-corrected chi connectivity index (χ0v) is 14.9. The van der Waals surface area contributed by atoms with Gasteiger partial charge in [0.1, 0.15) is 6.10 Å². The largest absolute Gasteiger partial charge is 0.458 e. The average molecular weight is 302 g/mol. The van der Waals surface area contributed by atoms with E-state index in [2.05, 4.69) is 39.8 Å². The SMILES string of the molecule is C/C=C(/C)C(=O)O[C@H]1C/C(C)=C/CC/C(C)=C/[C@@H]2[C@@H]1C2(C)C. The third-order valence-electron chi connectivity index (χ3n) is 5.43. The van der Waals surface area contributed by atoms with Gasteiger partial charge in [-0.05, 0) is 51.9 Å². The Morgan fingerprint density at radius 1 is 1.32 bits per heavy atom. The van der Waals surface area contributed by atoms with Crippen LogP contribution in [-0.2, 0) is 9.53 Å². The van der Waals surface area contributed by atoms with E-state index in [9.17, 15) is 4.79 Å². The minimum atomic E-state index is -0.167. The number of fused-ring (bicyclic) bond motifs is 1. The first-order valence-electron chi connectivity index (χ1n) is 8.44. The lowest BCUT2D eigenvalue weighted by atomic mass is 9.98. The molecule has 0 heterocycles. The van der Waals surface area contributed by atoms with E-state index >= 15 is 0 Å². The Hall–Kier alpha value is -1.31. The van der Waals surface area contributed by atoms with Crippen LogP contribution in [0, 0.1) is 17.3 Å². The van der Waals surface area contributed by atoms with Crippen molar-refractivity contribution in [2.75, 3.05) is 0 Å². The second kappa shape index (κ2) is 6.44. The molecule has 0 aromatic heterocycles. The first-order valence-corrected chi connectivity index (χ1v) is 8.44. The van der Waals surface area contributed by atoms with E-state index in [1.807, 2.05) is 19.9 Å². The summed E-state index contributed by atoms with van der Waals surface area (Å²) in [6.07, 6.45) is 9.62. The van der Waals surface area contributed by atoms with E-state index in [1.165, 1.54) is 11.1 Å². The minimum Gasteiger partial charge on any atom is -0.458 e. The van der Waals surface area contributed by atoms with Crippen LogP contribution in [0.1, 0.15) is 60.8 Å². The maximum atomic E-state index is 12.2. The normalized spacial score (nSPS) is 36.3. The first-order chi connectivity index (χ1) is 10.3. The summed E-state index contributed by atoms with van der Waals surface area (Å²) in [4.78, 5) is 12.2. The van der Waals surface area contributed by atoms with E-state index in [-0.39, 0.29) is 17.5 Å². The Kier molecular flexibility index (Phi) is 4.99. The summed E-state index contributed by atoms with van der Waals surface area (Å²) < 4.78 is 5.89. The molecule has 122 valence electrons. The quantitative estimate of drug-likeness (QED) is 0.397. The highest BCUT2D eigenvalue weighted by Gasteiger charge is 2.60. The van der Waals surface area contributed by atoms with E-state index < -0.39 is 0 Å². The number of rotatable bonds is 2. The van der Waals surface area contributed by atoms with Crippen LogP contribution in [0.5, 0.6) is 0 Å². The van der Waals surface area contributed by atoms with Gasteiger partial charge in [0.2, 0.25) is 0 Å². The molecule has 2 rings (SSSR count). The Morgan fingerprint density at radius 3 is 2.64 bits per heavy atom. The fraction of sp³-hybridized carbons (Fsp3) is 0.650. The molecule has 3 atom stereocenters. The van der Waals surface area contributed by atoms with Crippen LogP contribution in [0.15, 0.2) is 34.9 Å². The molecule has 0 amide bonds. The summed E-state index contributed by atoms with van der Waals surface area (Å²) in [5, 5.41) is 0. The van der Waals surface area contributed by atoms with Gasteiger partial charge in [0.25, 0.3) is 0 Å². The summed E-state index contributed by atoms with van der Waals surface area (Å²) in [5.74, 6) is 0.791. The molecule has 2 nitrogen and oxygen atoms in total. The molecule has 0 unspecified atom stereocenters. The van der Waals surface area contributed by atoms with Crippen molar-refractivity contribution in [3.05, 3.63) is 34.9 Å². The lowest BCUT2D eigenvalue weighted by Gasteiger charge is -2.21. The number of ether oxygens (including phenoxy) is 1. The van der Waals surface area contributed by atoms with Gasteiger partial charge in [-0.1, -0.05) is 43.2 Å². The van der Waals surface area contributed by atoms with Gasteiger partial charge >= 0.3 is 5.97 Å². The maximum Gasteiger partial charge on any atom is 0.333 e. The summed E-state index contributed by atoms with van der Waals surface area (Å²) in [5.41, 5.74) is 3.72. The molecule has 0 aromatic rings. The number of allylic oxidation sites excluding steroid dienone is 4. The standard InChI is InChI=1S/C20H30O2/c1-7-15(4)19(21)22-17-12-14(3)10-8-9-13(2)11-16-18(17)20(16,5)6/h7,10-11,16-18H,8-9,12H2,1-6H3/b13-11+,14-10+,15-7-/t16-,17+,18+/m1/s1. The van der Waals surface area contributed by atoms with Gasteiger partial charge in [0.05, 0.1) is 0 Å². The Balaban J connectivity index is 2.25. The minimum absolute atomic E-state index is 0.0131. The Bertz CT molecular complexity index is 534. The van der Waals surface area contributed by atoms with Crippen molar-refractivity contribution in [2.45, 2.75) is 66.9 Å². The second-order valence-electron chi connectivity index (χ2n) is 7.59. The van der Waals surface area contributed by atoms with Gasteiger partial charge in [0, 0.05) is 17.9 Å². The van der Waals surface area contributed by atoms with Crippen LogP contribution in [0.2, 0.25) is 0 Å². The number of carbonyl (C=O) groups is 1. The van der Waals surface area contributed by atoms with Crippen molar-refractivity contribution in [1.29, 1.82) is 0 Å². The molecule has 0 radical (unpaired) electrons. The van der Waals surface area contributed by atoms with Crippen LogP contribution in [0.4, 0.5) is 0 Å². The highest BCUT2D eigenvalue weighted by atomic mass is 16.5. The first kappa shape index (κ1) is 17.1. The van der Waals surface area contributed by atoms with Gasteiger partial charge in [-0.3, -0.25) is 0 Å². The monoisotopic (exact) mass is 302 g/mol. The number of hydrogen-bond acceptors (Lipinski definition) is 2. The molecular weight excluding hydrogens is 272 g/mol. The Labute approximate surface area is 135 Å². The maximum absolute atomic E-state index is 12.2. The van der Waals surface area contributed by atoms with Crippen molar-refractivity contribution in [1.82, 2.24) is 0 Å². The summed E-state index contributed by atoms with van der Waals surface area (Å²) in [6, 6.07) is 0. The number of esters is 1. The molecule has 0 bridgehead atoms. The van der Waals surface area contributed by atoms with Crippen LogP contribution in [0.3, 0.4) is 0 Å². The molecule has 2 aliphatic rings. The van der Waals surface area contributed by atoms with Crippen LogP contribution >= 0.6 is 0 Å². The molecule has 0 spiro atoms. The van der Waals surface area contributed by atoms with Gasteiger partial charge in [0.15, 0.2) is 0 Å². The molecule has 22 heavy (non-hydrogen) atoms. The predicted octanol–water partition coefficient (Wildman–Crippen LogP) is 5.21. The molecular formula is C20H30O2. The molecule has 2 heteroatoms. The van der Waals surface area contributed by atoms with Crippen molar-refractivity contribution >= 4 is 5.97 Å². The third-order valence-corrected chi connectivity index (χ3v) is 5.43. The van der Waals surface area contributed by atoms with Crippen LogP contribution in [0.25, 0.3) is 0 Å². The lowest BCUT2D eigenvalue weighted by molar-refractivity contribution is -0.145. The molecule has 2 aliphatic carbocycles. The fourth-order valence-electron chi connectivity index (χ4n) is 3.67. The predicted molar refractivity (Wildman–Crippen MR) is 91.4 cm³/mol. The Morgan fingerprint density at radius 2 is 2.00 bits per heavy atom. The molecule has 0 aliphatic heterocycles. The van der Waals surface area contributed by atoms with Gasteiger partial charge < -0.3 is 4.74 Å². The van der Waals surface area contributed by atoms with Crippen molar-refractivity contribution < 1.29 is 9.53 Å². The molecule has 0 saturated heterocycles. The topological polar surface area (TPSA) is 26.3 Å². The summed E-state index contributed by atoms with van der Waals surface area (Å²) in [6.45, 7) is 12.7.